The van der Waals surface area contributed by atoms with Gasteiger partial charge < -0.3 is 5.32 Å². The summed E-state index contributed by atoms with van der Waals surface area (Å²) in [5.41, 5.74) is 0.233. The number of hydrogen-bond donors (Lipinski definition) is 1. The van der Waals surface area contributed by atoms with Crippen molar-refractivity contribution in [3.63, 3.8) is 0 Å². The minimum Gasteiger partial charge on any atom is -0.363 e. The van der Waals surface area contributed by atoms with E-state index >= 15 is 0 Å². The van der Waals surface area contributed by atoms with Gasteiger partial charge in [-0.05, 0) is 6.07 Å². The molecule has 0 fully saturated rings. The lowest BCUT2D eigenvalue weighted by Crippen LogP contribution is -2.10. The van der Waals surface area contributed by atoms with Crippen molar-refractivity contribution in [2.45, 2.75) is 19.6 Å². The lowest BCUT2D eigenvalue weighted by atomic mass is 10.4. The summed E-state index contributed by atoms with van der Waals surface area (Å²) in [5.74, 6) is 0.178. The second-order valence-electron chi connectivity index (χ2n) is 3.36. The van der Waals surface area contributed by atoms with E-state index in [-0.39, 0.29) is 18.1 Å². The quantitative estimate of drug-likeness (QED) is 0.843. The van der Waals surface area contributed by atoms with Gasteiger partial charge in [-0.15, -0.1) is 0 Å². The fourth-order valence-corrected chi connectivity index (χ4v) is 1.38. The first-order valence-electron chi connectivity index (χ1n) is 4.95. The van der Waals surface area contributed by atoms with Crippen LogP contribution in [0.3, 0.4) is 0 Å². The third-order valence-electron chi connectivity index (χ3n) is 2.20. The summed E-state index contributed by atoms with van der Waals surface area (Å²) in [6, 6.07) is 2.73. The maximum absolute atomic E-state index is 12.5. The van der Waals surface area contributed by atoms with Crippen molar-refractivity contribution in [1.29, 1.82) is 0 Å². The highest BCUT2D eigenvalue weighted by atomic mass is 19.3. The molecule has 2 heterocycles. The molecule has 0 saturated heterocycles. The molecule has 0 aliphatic heterocycles. The van der Waals surface area contributed by atoms with Gasteiger partial charge in [0.15, 0.2) is 0 Å². The number of aromatic nitrogens is 4. The molecule has 0 aromatic carbocycles. The van der Waals surface area contributed by atoms with Gasteiger partial charge in [0.05, 0.1) is 12.2 Å². The first-order chi connectivity index (χ1) is 8.58. The highest BCUT2D eigenvalue weighted by Gasteiger charge is 2.12. The second-order valence-corrected chi connectivity index (χ2v) is 3.36. The minimum absolute atomic E-state index is 0.0184. The van der Waals surface area contributed by atoms with Crippen molar-refractivity contribution in [1.82, 2.24) is 19.6 Å². The van der Waals surface area contributed by atoms with Crippen LogP contribution in [0.4, 0.5) is 23.4 Å². The van der Waals surface area contributed by atoms with Crippen LogP contribution in [-0.4, -0.2) is 19.6 Å². The number of hydrogen-bond acceptors (Lipinski definition) is 3. The van der Waals surface area contributed by atoms with Crippen molar-refractivity contribution < 1.29 is 17.6 Å². The fourth-order valence-electron chi connectivity index (χ4n) is 1.38. The van der Waals surface area contributed by atoms with Crippen molar-refractivity contribution in [3.05, 3.63) is 30.2 Å². The lowest BCUT2D eigenvalue weighted by molar-refractivity contribution is 0.0537. The Kier molecular flexibility index (Phi) is 3.49. The maximum atomic E-state index is 12.5. The summed E-state index contributed by atoms with van der Waals surface area (Å²) in [5, 5.41) is 9.62. The molecule has 0 saturated carbocycles. The Bertz CT molecular complexity index is 507. The first-order valence-corrected chi connectivity index (χ1v) is 4.95. The number of halogens is 4. The molecular weight excluding hydrogens is 254 g/mol. The van der Waals surface area contributed by atoms with Gasteiger partial charge in [-0.25, -0.2) is 9.36 Å². The molecule has 0 spiro atoms. The summed E-state index contributed by atoms with van der Waals surface area (Å²) >= 11 is 0. The average Bonchev–Trinajstić information content (AvgIpc) is 2.95. The van der Waals surface area contributed by atoms with Crippen LogP contribution >= 0.6 is 0 Å². The number of nitrogens with zero attached hydrogens (tertiary/aromatic N) is 4. The Morgan fingerprint density at radius 3 is 2.56 bits per heavy atom. The zero-order valence-corrected chi connectivity index (χ0v) is 8.97. The van der Waals surface area contributed by atoms with E-state index in [1.54, 1.807) is 0 Å². The Hall–Kier alpha value is -2.06. The van der Waals surface area contributed by atoms with E-state index in [9.17, 15) is 17.6 Å². The zero-order valence-electron chi connectivity index (χ0n) is 8.97. The molecular formula is C9H9F4N5. The first kappa shape index (κ1) is 12.4. The van der Waals surface area contributed by atoms with Gasteiger partial charge in [-0.2, -0.15) is 27.8 Å². The molecule has 0 aliphatic rings. The largest absolute Gasteiger partial charge is 0.363 e. The average molecular weight is 263 g/mol. The molecule has 2 rings (SSSR count). The van der Waals surface area contributed by atoms with Crippen LogP contribution in [0.15, 0.2) is 24.5 Å². The molecule has 0 amide bonds. The fraction of sp³-hybridized carbons (Fsp3) is 0.333. The molecule has 9 heteroatoms. The van der Waals surface area contributed by atoms with Gasteiger partial charge in [0.2, 0.25) is 0 Å². The van der Waals surface area contributed by atoms with Crippen LogP contribution in [0.5, 0.6) is 0 Å². The van der Waals surface area contributed by atoms with Gasteiger partial charge >= 0.3 is 13.1 Å². The summed E-state index contributed by atoms with van der Waals surface area (Å²) < 4.78 is 50.4. The van der Waals surface area contributed by atoms with Gasteiger partial charge in [0, 0.05) is 18.5 Å². The monoisotopic (exact) mass is 263 g/mol. The number of alkyl halides is 4. The van der Waals surface area contributed by atoms with Crippen molar-refractivity contribution in [2.75, 3.05) is 5.32 Å². The Labute approximate surface area is 99.0 Å². The van der Waals surface area contributed by atoms with Gasteiger partial charge in [-0.3, -0.25) is 0 Å². The van der Waals surface area contributed by atoms with Crippen molar-refractivity contribution in [2.24, 2.45) is 0 Å². The summed E-state index contributed by atoms with van der Waals surface area (Å²) in [6.45, 7) is -5.45. The van der Waals surface area contributed by atoms with Crippen LogP contribution < -0.4 is 5.32 Å². The molecule has 0 radical (unpaired) electrons. The Morgan fingerprint density at radius 2 is 1.94 bits per heavy atom. The molecule has 18 heavy (non-hydrogen) atoms. The standard InChI is InChI=1S/C9H9F4N5/c10-8(11)17-4-2-7(16-17)14-5-6-1-3-15-18(6)9(12)13/h1-4,8-9H,5H2,(H,14,16). The summed E-state index contributed by atoms with van der Waals surface area (Å²) in [7, 11) is 0. The van der Waals surface area contributed by atoms with E-state index in [0.717, 1.165) is 6.20 Å². The molecule has 2 aromatic heterocycles. The van der Waals surface area contributed by atoms with Crippen LogP contribution in [-0.2, 0) is 6.54 Å². The minimum atomic E-state index is -2.74. The van der Waals surface area contributed by atoms with E-state index in [1.165, 1.54) is 18.3 Å². The molecule has 0 atom stereocenters. The van der Waals surface area contributed by atoms with Gasteiger partial charge in [-0.1, -0.05) is 0 Å². The third kappa shape index (κ3) is 2.60. The van der Waals surface area contributed by atoms with Crippen LogP contribution in [0.25, 0.3) is 0 Å². The Balaban J connectivity index is 2.00. The second kappa shape index (κ2) is 5.07. The number of nitrogens with one attached hydrogen (secondary N) is 1. The molecule has 0 bridgehead atoms. The predicted octanol–water partition coefficient (Wildman–Crippen LogP) is 2.48. The van der Waals surface area contributed by atoms with Crippen molar-refractivity contribution >= 4 is 5.82 Å². The van der Waals surface area contributed by atoms with Crippen LogP contribution in [0, 0.1) is 0 Å². The Morgan fingerprint density at radius 1 is 1.17 bits per heavy atom. The van der Waals surface area contributed by atoms with E-state index < -0.39 is 13.1 Å². The maximum Gasteiger partial charge on any atom is 0.333 e. The summed E-state index contributed by atoms with van der Waals surface area (Å²) in [6.07, 6.45) is 2.33. The predicted molar refractivity (Wildman–Crippen MR) is 54.3 cm³/mol. The van der Waals surface area contributed by atoms with E-state index in [2.05, 4.69) is 15.5 Å². The van der Waals surface area contributed by atoms with E-state index in [4.69, 9.17) is 0 Å². The van der Waals surface area contributed by atoms with E-state index in [0.29, 0.717) is 9.36 Å². The summed E-state index contributed by atoms with van der Waals surface area (Å²) in [4.78, 5) is 0. The number of anilines is 1. The number of rotatable bonds is 5. The lowest BCUT2D eigenvalue weighted by Gasteiger charge is -2.06. The molecule has 1 N–H and O–H groups in total. The highest BCUT2D eigenvalue weighted by molar-refractivity contribution is 5.32. The van der Waals surface area contributed by atoms with Crippen LogP contribution in [0.2, 0.25) is 0 Å². The van der Waals surface area contributed by atoms with Gasteiger partial charge in [0.25, 0.3) is 0 Å². The molecule has 0 aliphatic carbocycles. The van der Waals surface area contributed by atoms with E-state index in [1.807, 2.05) is 0 Å². The highest BCUT2D eigenvalue weighted by Crippen LogP contribution is 2.15. The third-order valence-corrected chi connectivity index (χ3v) is 2.20. The normalized spacial score (nSPS) is 11.4. The molecule has 0 unspecified atom stereocenters. The van der Waals surface area contributed by atoms with Crippen molar-refractivity contribution in [3.8, 4) is 0 Å². The van der Waals surface area contributed by atoms with Crippen LogP contribution in [0.1, 0.15) is 18.8 Å². The molecule has 5 nitrogen and oxygen atoms in total. The van der Waals surface area contributed by atoms with Gasteiger partial charge in [0.1, 0.15) is 5.82 Å². The molecule has 2 aromatic rings. The SMILES string of the molecule is FC(F)n1ccc(NCc2ccnn2C(F)F)n1. The zero-order chi connectivity index (χ0) is 13.1. The smallest absolute Gasteiger partial charge is 0.333 e. The molecule has 98 valence electrons. The topological polar surface area (TPSA) is 47.7 Å².